The van der Waals surface area contributed by atoms with E-state index >= 15 is 0 Å². The molecule has 2 rings (SSSR count). The van der Waals surface area contributed by atoms with Crippen LogP contribution in [0.4, 0.5) is 5.69 Å². The first kappa shape index (κ1) is 13.2. The van der Waals surface area contributed by atoms with Crippen LogP contribution in [0, 0.1) is 0 Å². The molecular formula is C13H16BrN3O. The van der Waals surface area contributed by atoms with E-state index in [0.717, 1.165) is 35.0 Å². The van der Waals surface area contributed by atoms with E-state index in [2.05, 4.69) is 37.1 Å². The topological polar surface area (TPSA) is 38.2 Å². The highest BCUT2D eigenvalue weighted by atomic mass is 79.9. The summed E-state index contributed by atoms with van der Waals surface area (Å²) in [6.45, 7) is 2.46. The Bertz CT molecular complexity index is 501. The number of rotatable bonds is 6. The van der Waals surface area contributed by atoms with Gasteiger partial charge in [-0.3, -0.25) is 0 Å². The molecular weight excluding hydrogens is 294 g/mol. The molecule has 0 saturated heterocycles. The maximum atomic E-state index is 5.16. The minimum absolute atomic E-state index is 0.698. The van der Waals surface area contributed by atoms with Crippen LogP contribution in [-0.4, -0.2) is 42.3 Å². The molecule has 0 aliphatic heterocycles. The molecule has 96 valence electrons. The summed E-state index contributed by atoms with van der Waals surface area (Å²) in [4.78, 5) is 2.26. The summed E-state index contributed by atoms with van der Waals surface area (Å²) in [5.41, 5.74) is 2.03. The molecule has 0 amide bonds. The van der Waals surface area contributed by atoms with Gasteiger partial charge in [0.05, 0.1) is 24.0 Å². The Kier molecular flexibility index (Phi) is 4.90. The van der Waals surface area contributed by atoms with Crippen LogP contribution < -0.4 is 4.90 Å². The van der Waals surface area contributed by atoms with Gasteiger partial charge >= 0.3 is 0 Å². The van der Waals surface area contributed by atoms with E-state index in [4.69, 9.17) is 4.74 Å². The van der Waals surface area contributed by atoms with Gasteiger partial charge in [-0.15, -0.1) is 0 Å². The molecule has 1 aromatic heterocycles. The molecule has 18 heavy (non-hydrogen) atoms. The average molecular weight is 310 g/mol. The number of methoxy groups -OCH3 is 1. The van der Waals surface area contributed by atoms with Gasteiger partial charge in [-0.2, -0.15) is 10.2 Å². The van der Waals surface area contributed by atoms with Crippen molar-refractivity contribution in [1.82, 2.24) is 10.2 Å². The third-order valence-electron chi connectivity index (χ3n) is 2.79. The summed E-state index contributed by atoms with van der Waals surface area (Å²) in [7, 11) is 1.72. The van der Waals surface area contributed by atoms with Crippen molar-refractivity contribution in [2.45, 2.75) is 0 Å². The van der Waals surface area contributed by atoms with Crippen molar-refractivity contribution in [1.29, 1.82) is 0 Å². The van der Waals surface area contributed by atoms with E-state index in [0.29, 0.717) is 6.61 Å². The van der Waals surface area contributed by atoms with Crippen molar-refractivity contribution >= 4 is 32.5 Å². The van der Waals surface area contributed by atoms with Crippen molar-refractivity contribution in [3.63, 3.8) is 0 Å². The van der Waals surface area contributed by atoms with E-state index in [1.54, 1.807) is 7.11 Å². The smallest absolute Gasteiger partial charge is 0.0950 e. The molecule has 0 aliphatic rings. The largest absolute Gasteiger partial charge is 0.383 e. The Hall–Kier alpha value is -1.20. The van der Waals surface area contributed by atoms with Crippen molar-refractivity contribution in [3.05, 3.63) is 30.5 Å². The summed E-state index contributed by atoms with van der Waals surface area (Å²) in [5, 5.41) is 10.3. The molecule has 0 unspecified atom stereocenters. The second kappa shape index (κ2) is 6.66. The van der Waals surface area contributed by atoms with Crippen LogP contribution in [0.5, 0.6) is 0 Å². The van der Waals surface area contributed by atoms with Crippen molar-refractivity contribution in [2.24, 2.45) is 0 Å². The standard InChI is InChI=1S/C13H16BrN3O/c1-18-9-8-17(7-6-14)13-10-15-16-12-5-3-2-4-11(12)13/h2-5,10H,6-9H2,1H3. The molecule has 0 saturated carbocycles. The molecule has 0 radical (unpaired) electrons. The lowest BCUT2D eigenvalue weighted by Gasteiger charge is -2.24. The minimum Gasteiger partial charge on any atom is -0.383 e. The van der Waals surface area contributed by atoms with Crippen LogP contribution in [0.3, 0.4) is 0 Å². The fraction of sp³-hybridized carbons (Fsp3) is 0.385. The maximum Gasteiger partial charge on any atom is 0.0950 e. The molecule has 0 atom stereocenters. The fourth-order valence-corrected chi connectivity index (χ4v) is 2.33. The number of nitrogens with zero attached hydrogens (tertiary/aromatic N) is 3. The van der Waals surface area contributed by atoms with Gasteiger partial charge in [-0.1, -0.05) is 34.1 Å². The monoisotopic (exact) mass is 309 g/mol. The Morgan fingerprint density at radius 2 is 2.11 bits per heavy atom. The van der Waals surface area contributed by atoms with Gasteiger partial charge in [0.1, 0.15) is 0 Å². The average Bonchev–Trinajstić information content (AvgIpc) is 2.43. The number of alkyl halides is 1. The van der Waals surface area contributed by atoms with E-state index < -0.39 is 0 Å². The van der Waals surface area contributed by atoms with E-state index in [-0.39, 0.29) is 0 Å². The summed E-state index contributed by atoms with van der Waals surface area (Å²) < 4.78 is 5.16. The van der Waals surface area contributed by atoms with Crippen LogP contribution >= 0.6 is 15.9 Å². The maximum absolute atomic E-state index is 5.16. The zero-order chi connectivity index (χ0) is 12.8. The molecule has 5 heteroatoms. The lowest BCUT2D eigenvalue weighted by molar-refractivity contribution is 0.205. The molecule has 2 aromatic rings. The van der Waals surface area contributed by atoms with Gasteiger partial charge < -0.3 is 9.64 Å². The molecule has 0 N–H and O–H groups in total. The minimum atomic E-state index is 0.698. The lowest BCUT2D eigenvalue weighted by atomic mass is 10.2. The van der Waals surface area contributed by atoms with Crippen molar-refractivity contribution in [3.8, 4) is 0 Å². The first-order valence-corrected chi connectivity index (χ1v) is 6.99. The number of aromatic nitrogens is 2. The normalized spacial score (nSPS) is 10.8. The first-order valence-electron chi connectivity index (χ1n) is 5.87. The van der Waals surface area contributed by atoms with E-state index in [9.17, 15) is 0 Å². The van der Waals surface area contributed by atoms with Gasteiger partial charge in [0.2, 0.25) is 0 Å². The first-order chi connectivity index (χ1) is 8.86. The molecule has 4 nitrogen and oxygen atoms in total. The Morgan fingerprint density at radius 3 is 2.89 bits per heavy atom. The number of hydrogen-bond donors (Lipinski definition) is 0. The number of anilines is 1. The number of hydrogen-bond acceptors (Lipinski definition) is 4. The number of ether oxygens (including phenoxy) is 1. The van der Waals surface area contributed by atoms with Crippen LogP contribution in [0.15, 0.2) is 30.5 Å². The van der Waals surface area contributed by atoms with Gasteiger partial charge in [0, 0.05) is 30.9 Å². The second-order valence-corrected chi connectivity index (χ2v) is 4.71. The summed E-state index contributed by atoms with van der Waals surface area (Å²) in [6, 6.07) is 8.06. The Morgan fingerprint density at radius 1 is 1.28 bits per heavy atom. The third-order valence-corrected chi connectivity index (χ3v) is 3.14. The lowest BCUT2D eigenvalue weighted by Crippen LogP contribution is -2.29. The molecule has 0 fully saturated rings. The predicted molar refractivity (Wildman–Crippen MR) is 77.4 cm³/mol. The molecule has 1 aromatic carbocycles. The number of benzene rings is 1. The molecule has 1 heterocycles. The zero-order valence-electron chi connectivity index (χ0n) is 10.3. The molecule has 0 bridgehead atoms. The van der Waals surface area contributed by atoms with E-state index in [1.807, 2.05) is 24.4 Å². The highest BCUT2D eigenvalue weighted by Crippen LogP contribution is 2.23. The summed E-state index contributed by atoms with van der Waals surface area (Å²) in [5.74, 6) is 0. The fourth-order valence-electron chi connectivity index (χ4n) is 1.90. The third kappa shape index (κ3) is 2.97. The van der Waals surface area contributed by atoms with Gasteiger partial charge in [0.25, 0.3) is 0 Å². The van der Waals surface area contributed by atoms with Crippen LogP contribution in [0.1, 0.15) is 0 Å². The highest BCUT2D eigenvalue weighted by Gasteiger charge is 2.10. The second-order valence-electron chi connectivity index (χ2n) is 3.92. The van der Waals surface area contributed by atoms with Crippen LogP contribution in [-0.2, 0) is 4.74 Å². The number of fused-ring (bicyclic) bond motifs is 1. The molecule has 0 aliphatic carbocycles. The van der Waals surface area contributed by atoms with Crippen molar-refractivity contribution < 1.29 is 4.74 Å². The highest BCUT2D eigenvalue weighted by molar-refractivity contribution is 9.09. The van der Waals surface area contributed by atoms with Crippen LogP contribution in [0.2, 0.25) is 0 Å². The Balaban J connectivity index is 2.36. The zero-order valence-corrected chi connectivity index (χ0v) is 11.9. The van der Waals surface area contributed by atoms with Gasteiger partial charge in [-0.25, -0.2) is 0 Å². The Labute approximate surface area is 115 Å². The summed E-state index contributed by atoms with van der Waals surface area (Å²) >= 11 is 3.48. The van der Waals surface area contributed by atoms with Gasteiger partial charge in [-0.05, 0) is 6.07 Å². The van der Waals surface area contributed by atoms with Crippen LogP contribution in [0.25, 0.3) is 10.9 Å². The summed E-state index contributed by atoms with van der Waals surface area (Å²) in [6.07, 6.45) is 1.82. The van der Waals surface area contributed by atoms with E-state index in [1.165, 1.54) is 0 Å². The van der Waals surface area contributed by atoms with Crippen molar-refractivity contribution in [2.75, 3.05) is 37.0 Å². The van der Waals surface area contributed by atoms with Gasteiger partial charge in [0.15, 0.2) is 0 Å². The quantitative estimate of drug-likeness (QED) is 0.768. The SMILES string of the molecule is COCCN(CCBr)c1cnnc2ccccc12. The predicted octanol–water partition coefficient (Wildman–Crippen LogP) is 2.48. The molecule has 0 spiro atoms. The number of halogens is 1.